The molecule has 2 heterocycles. The van der Waals surface area contributed by atoms with Crippen LogP contribution in [0.1, 0.15) is 19.8 Å². The van der Waals surface area contributed by atoms with Crippen LogP contribution in [-0.2, 0) is 18.9 Å². The van der Waals surface area contributed by atoms with Crippen LogP contribution >= 0.6 is 0 Å². The maximum Gasteiger partial charge on any atom is 0.215 e. The highest BCUT2D eigenvalue weighted by atomic mass is 16.7. The predicted molar refractivity (Wildman–Crippen MR) is 110 cm³/mol. The Bertz CT molecular complexity index is 639. The van der Waals surface area contributed by atoms with Crippen molar-refractivity contribution in [1.29, 1.82) is 0 Å². The first kappa shape index (κ1) is 24.7. The fourth-order valence-corrected chi connectivity index (χ4v) is 4.44. The van der Waals surface area contributed by atoms with Gasteiger partial charge in [0.1, 0.15) is 35.8 Å². The highest BCUT2D eigenvalue weighted by molar-refractivity contribution is 5.04. The van der Waals surface area contributed by atoms with E-state index in [1.54, 1.807) is 20.0 Å². The molecule has 12 nitrogen and oxygen atoms in total. The second kappa shape index (κ2) is 9.93. The molecule has 3 aliphatic rings. The second-order valence-electron chi connectivity index (χ2n) is 8.81. The van der Waals surface area contributed by atoms with Crippen LogP contribution in [-0.4, -0.2) is 102 Å². The van der Waals surface area contributed by atoms with Crippen molar-refractivity contribution in [2.24, 2.45) is 22.9 Å². The summed E-state index contributed by atoms with van der Waals surface area (Å²) in [5.74, 6) is 0.555. The molecule has 0 spiro atoms. The highest BCUT2D eigenvalue weighted by Crippen LogP contribution is 2.31. The van der Waals surface area contributed by atoms with E-state index >= 15 is 0 Å². The Morgan fingerprint density at radius 2 is 1.71 bits per heavy atom. The third kappa shape index (κ3) is 5.20. The molecule has 3 rings (SSSR count). The Hall–Kier alpha value is -0.900. The summed E-state index contributed by atoms with van der Waals surface area (Å²) in [6, 6.07) is -2.37. The van der Waals surface area contributed by atoms with E-state index in [0.717, 1.165) is 0 Å². The van der Waals surface area contributed by atoms with Gasteiger partial charge in [-0.25, -0.2) is 0 Å². The van der Waals surface area contributed by atoms with E-state index in [1.807, 2.05) is 0 Å². The Kier molecular flexibility index (Phi) is 7.92. The number of likely N-dealkylation sites (N-methyl/N-ethyl adjacent to an activating group) is 1. The average Bonchev–Trinajstić information content (AvgIpc) is 2.71. The molecule has 2 aliphatic heterocycles. The fourth-order valence-electron chi connectivity index (χ4n) is 4.44. The van der Waals surface area contributed by atoms with Crippen LogP contribution in [0.5, 0.6) is 0 Å². The lowest BCUT2D eigenvalue weighted by Crippen LogP contribution is -2.68. The second-order valence-corrected chi connectivity index (χ2v) is 8.81. The molecule has 0 amide bonds. The largest absolute Gasteiger partial charge is 0.467 e. The molecule has 0 aromatic heterocycles. The van der Waals surface area contributed by atoms with Gasteiger partial charge in [-0.2, -0.15) is 0 Å². The first-order valence-electron chi connectivity index (χ1n) is 10.6. The van der Waals surface area contributed by atoms with Crippen LogP contribution in [0.2, 0.25) is 0 Å². The van der Waals surface area contributed by atoms with Crippen LogP contribution in [0.15, 0.2) is 11.8 Å². The van der Waals surface area contributed by atoms with Gasteiger partial charge in [-0.1, -0.05) is 0 Å². The number of nitrogens with one attached hydrogen (secondary N) is 1. The van der Waals surface area contributed by atoms with Gasteiger partial charge in [0.15, 0.2) is 6.29 Å². The average molecular weight is 448 g/mol. The minimum Gasteiger partial charge on any atom is -0.467 e. The summed E-state index contributed by atoms with van der Waals surface area (Å²) in [6.07, 6.45) is -3.56. The lowest BCUT2D eigenvalue weighted by atomic mass is 9.84. The van der Waals surface area contributed by atoms with E-state index in [4.69, 9.17) is 41.9 Å². The number of nitrogens with two attached hydrogens (primary N) is 4. The standard InChI is InChI=1S/C19H37N5O7/c1-19(27)7-28-18(13(26)16(19)24-2)31-15-11(23)5-10(22)14(12(15)25)30-17-9(21)4-3-8(6-20)29-17/h3,9-18,24-27H,4-7,20-23H2,1-2H3/t9-,10+,11-,12-,13+,14-,15-,16-,17+,18-,19+/m1/s1. The summed E-state index contributed by atoms with van der Waals surface area (Å²) in [5.41, 5.74) is 22.9. The lowest BCUT2D eigenvalue weighted by molar-refractivity contribution is -0.303. The minimum absolute atomic E-state index is 0.0727. The number of hydrogen-bond acceptors (Lipinski definition) is 12. The van der Waals surface area contributed by atoms with E-state index in [2.05, 4.69) is 5.32 Å². The van der Waals surface area contributed by atoms with Gasteiger partial charge in [0, 0.05) is 12.1 Å². The number of aliphatic hydroxyl groups excluding tert-OH is 2. The zero-order valence-corrected chi connectivity index (χ0v) is 18.0. The minimum atomic E-state index is -1.29. The van der Waals surface area contributed by atoms with Crippen molar-refractivity contribution in [2.75, 3.05) is 20.2 Å². The van der Waals surface area contributed by atoms with E-state index < -0.39 is 66.8 Å². The summed E-state index contributed by atoms with van der Waals surface area (Å²) < 4.78 is 23.1. The number of aliphatic hydroxyl groups is 3. The molecular formula is C19H37N5O7. The van der Waals surface area contributed by atoms with Crippen LogP contribution in [0, 0.1) is 0 Å². The van der Waals surface area contributed by atoms with E-state index in [-0.39, 0.29) is 13.2 Å². The number of ether oxygens (including phenoxy) is 4. The molecule has 2 fully saturated rings. The topological polar surface area (TPSA) is 214 Å². The Morgan fingerprint density at radius 1 is 1.10 bits per heavy atom. The van der Waals surface area contributed by atoms with Crippen molar-refractivity contribution in [3.8, 4) is 0 Å². The quantitative estimate of drug-likeness (QED) is 0.196. The van der Waals surface area contributed by atoms with E-state index in [9.17, 15) is 15.3 Å². The zero-order valence-electron chi connectivity index (χ0n) is 18.0. The molecule has 180 valence electrons. The maximum atomic E-state index is 11.0. The van der Waals surface area contributed by atoms with Crippen molar-refractivity contribution in [1.82, 2.24) is 5.32 Å². The maximum absolute atomic E-state index is 11.0. The smallest absolute Gasteiger partial charge is 0.215 e. The number of hydrogen-bond donors (Lipinski definition) is 8. The predicted octanol–water partition coefficient (Wildman–Crippen LogP) is -3.85. The zero-order chi connectivity index (χ0) is 22.9. The van der Waals surface area contributed by atoms with Gasteiger partial charge in [0.2, 0.25) is 6.29 Å². The molecule has 12 N–H and O–H groups in total. The van der Waals surface area contributed by atoms with Crippen molar-refractivity contribution in [3.63, 3.8) is 0 Å². The van der Waals surface area contributed by atoms with Gasteiger partial charge in [0.05, 0.1) is 25.2 Å². The molecule has 0 unspecified atom stereocenters. The molecule has 0 aromatic carbocycles. The van der Waals surface area contributed by atoms with Gasteiger partial charge < -0.3 is 62.5 Å². The van der Waals surface area contributed by atoms with Crippen molar-refractivity contribution in [2.45, 2.75) is 86.5 Å². The highest BCUT2D eigenvalue weighted by Gasteiger charge is 2.50. The Balaban J connectivity index is 1.69. The molecule has 1 aliphatic carbocycles. The van der Waals surface area contributed by atoms with Crippen LogP contribution in [0.3, 0.4) is 0 Å². The number of rotatable bonds is 6. The third-order valence-corrected chi connectivity index (χ3v) is 6.22. The molecule has 0 bridgehead atoms. The van der Waals surface area contributed by atoms with Gasteiger partial charge in [-0.3, -0.25) is 0 Å². The molecule has 12 heteroatoms. The van der Waals surface area contributed by atoms with Gasteiger partial charge in [-0.15, -0.1) is 0 Å². The summed E-state index contributed by atoms with van der Waals surface area (Å²) >= 11 is 0. The third-order valence-electron chi connectivity index (χ3n) is 6.22. The summed E-state index contributed by atoms with van der Waals surface area (Å²) in [4.78, 5) is 0. The molecule has 0 radical (unpaired) electrons. The SMILES string of the molecule is CN[C@@H]1[C@H](O)[C@@H](O[C@H]2[C@H](O)[C@H](O[C@@H]3OC(CN)=CC[C@H]3N)[C@@H](N)C[C@H]2N)OC[C@]1(C)O. The molecule has 0 aromatic rings. The molecule has 11 atom stereocenters. The molecule has 31 heavy (non-hydrogen) atoms. The summed E-state index contributed by atoms with van der Waals surface area (Å²) in [5, 5.41) is 34.9. The van der Waals surface area contributed by atoms with Crippen molar-refractivity contribution < 1.29 is 34.3 Å². The van der Waals surface area contributed by atoms with Crippen LogP contribution in [0.4, 0.5) is 0 Å². The molecule has 1 saturated heterocycles. The van der Waals surface area contributed by atoms with E-state index in [0.29, 0.717) is 18.6 Å². The first-order chi connectivity index (χ1) is 14.6. The van der Waals surface area contributed by atoms with Crippen LogP contribution in [0.25, 0.3) is 0 Å². The van der Waals surface area contributed by atoms with Gasteiger partial charge in [0.25, 0.3) is 0 Å². The first-order valence-corrected chi connectivity index (χ1v) is 10.6. The van der Waals surface area contributed by atoms with E-state index in [1.165, 1.54) is 0 Å². The molecular weight excluding hydrogens is 410 g/mol. The Labute approximate surface area is 181 Å². The molecule has 1 saturated carbocycles. The fraction of sp³-hybridized carbons (Fsp3) is 0.895. The normalized spacial score (nSPS) is 48.7. The lowest BCUT2D eigenvalue weighted by Gasteiger charge is -2.48. The Morgan fingerprint density at radius 3 is 2.29 bits per heavy atom. The van der Waals surface area contributed by atoms with Gasteiger partial charge >= 0.3 is 0 Å². The summed E-state index contributed by atoms with van der Waals surface area (Å²) in [7, 11) is 1.62. The van der Waals surface area contributed by atoms with Crippen molar-refractivity contribution >= 4 is 0 Å². The monoisotopic (exact) mass is 447 g/mol. The van der Waals surface area contributed by atoms with Gasteiger partial charge in [-0.05, 0) is 32.9 Å². The van der Waals surface area contributed by atoms with Crippen molar-refractivity contribution in [3.05, 3.63) is 11.8 Å². The van der Waals surface area contributed by atoms with Crippen LogP contribution < -0.4 is 28.3 Å². The summed E-state index contributed by atoms with van der Waals surface area (Å²) in [6.45, 7) is 1.68.